The van der Waals surface area contributed by atoms with Crippen molar-refractivity contribution in [2.24, 2.45) is 0 Å². The first-order chi connectivity index (χ1) is 8.88. The number of hydrogen-bond donors (Lipinski definition) is 1. The van der Waals surface area contributed by atoms with Crippen LogP contribution in [0, 0.1) is 0 Å². The fourth-order valence-corrected chi connectivity index (χ4v) is 2.00. The summed E-state index contributed by atoms with van der Waals surface area (Å²) in [5.74, 6) is 0.883. The van der Waals surface area contributed by atoms with E-state index in [0.717, 1.165) is 50.4 Å². The number of rotatable bonds is 7. The largest absolute Gasteiger partial charge is 0.491 e. The van der Waals surface area contributed by atoms with Crippen LogP contribution in [0.25, 0.3) is 0 Å². The van der Waals surface area contributed by atoms with E-state index in [0.29, 0.717) is 6.61 Å². The first-order valence-corrected chi connectivity index (χ1v) is 6.78. The molecule has 4 heteroatoms. The molecule has 0 radical (unpaired) electrons. The molecule has 1 N–H and O–H groups in total. The molecule has 0 amide bonds. The number of nitrogens with one attached hydrogen (secondary N) is 1. The molecule has 0 aliphatic carbocycles. The molecule has 1 aromatic rings. The lowest BCUT2D eigenvalue weighted by Gasteiger charge is -2.12. The molecule has 1 aromatic heterocycles. The number of nitrogens with zero attached hydrogens (tertiary/aromatic N) is 1. The number of hydrogen-bond acceptors (Lipinski definition) is 4. The Morgan fingerprint density at radius 2 is 2.50 bits per heavy atom. The zero-order valence-corrected chi connectivity index (χ0v) is 11.0. The summed E-state index contributed by atoms with van der Waals surface area (Å²) in [6.07, 6.45) is 5.45. The first kappa shape index (κ1) is 13.3. The highest BCUT2D eigenvalue weighted by atomic mass is 16.5. The number of pyridine rings is 1. The monoisotopic (exact) mass is 250 g/mol. The van der Waals surface area contributed by atoms with Crippen LogP contribution in [-0.4, -0.2) is 30.8 Å². The van der Waals surface area contributed by atoms with Crippen molar-refractivity contribution in [1.82, 2.24) is 10.3 Å². The normalized spacial score (nSPS) is 19.1. The minimum Gasteiger partial charge on any atom is -0.491 e. The number of aromatic nitrogens is 1. The second kappa shape index (κ2) is 7.34. The molecular weight excluding hydrogens is 228 g/mol. The Morgan fingerprint density at radius 1 is 1.56 bits per heavy atom. The third-order valence-electron chi connectivity index (χ3n) is 2.98. The lowest BCUT2D eigenvalue weighted by molar-refractivity contribution is 0.0679. The summed E-state index contributed by atoms with van der Waals surface area (Å²) in [7, 11) is 0. The standard InChI is InChI=1S/C14H22N2O2/c1-2-6-15-10-12-9-13(5-7-16-12)18-11-14-4-3-8-17-14/h5,7,9,14-15H,2-4,6,8,10-11H2,1H3. The zero-order chi connectivity index (χ0) is 12.6. The molecule has 2 heterocycles. The fourth-order valence-electron chi connectivity index (χ4n) is 2.00. The molecule has 1 saturated heterocycles. The quantitative estimate of drug-likeness (QED) is 0.753. The molecule has 1 atom stereocenters. The van der Waals surface area contributed by atoms with Crippen LogP contribution >= 0.6 is 0 Å². The summed E-state index contributed by atoms with van der Waals surface area (Å²) >= 11 is 0. The van der Waals surface area contributed by atoms with Crippen LogP contribution < -0.4 is 10.1 Å². The second-order valence-electron chi connectivity index (χ2n) is 4.61. The van der Waals surface area contributed by atoms with E-state index in [9.17, 15) is 0 Å². The highest BCUT2D eigenvalue weighted by Gasteiger charge is 2.15. The van der Waals surface area contributed by atoms with Gasteiger partial charge < -0.3 is 14.8 Å². The van der Waals surface area contributed by atoms with Crippen molar-refractivity contribution in [3.8, 4) is 5.75 Å². The number of ether oxygens (including phenoxy) is 2. The predicted molar refractivity (Wildman–Crippen MR) is 70.7 cm³/mol. The van der Waals surface area contributed by atoms with Gasteiger partial charge in [-0.15, -0.1) is 0 Å². The predicted octanol–water partition coefficient (Wildman–Crippen LogP) is 2.14. The van der Waals surface area contributed by atoms with Crippen LogP contribution in [-0.2, 0) is 11.3 Å². The van der Waals surface area contributed by atoms with Gasteiger partial charge in [0, 0.05) is 25.4 Å². The molecule has 0 spiro atoms. The van der Waals surface area contributed by atoms with Gasteiger partial charge in [0.15, 0.2) is 0 Å². The Hall–Kier alpha value is -1.13. The van der Waals surface area contributed by atoms with E-state index >= 15 is 0 Å². The maximum absolute atomic E-state index is 5.74. The summed E-state index contributed by atoms with van der Waals surface area (Å²) in [6, 6.07) is 3.90. The lowest BCUT2D eigenvalue weighted by Crippen LogP contribution is -2.17. The Bertz CT molecular complexity index is 351. The van der Waals surface area contributed by atoms with Gasteiger partial charge in [0.25, 0.3) is 0 Å². The van der Waals surface area contributed by atoms with Gasteiger partial charge in [0.2, 0.25) is 0 Å². The average molecular weight is 250 g/mol. The van der Waals surface area contributed by atoms with Gasteiger partial charge in [-0.25, -0.2) is 0 Å². The summed E-state index contributed by atoms with van der Waals surface area (Å²) in [6.45, 7) is 5.48. The Kier molecular flexibility index (Phi) is 5.42. The van der Waals surface area contributed by atoms with Crippen LogP contribution in [0.2, 0.25) is 0 Å². The van der Waals surface area contributed by atoms with Crippen molar-refractivity contribution < 1.29 is 9.47 Å². The zero-order valence-electron chi connectivity index (χ0n) is 11.0. The van der Waals surface area contributed by atoms with Crippen molar-refractivity contribution in [2.75, 3.05) is 19.8 Å². The van der Waals surface area contributed by atoms with Crippen molar-refractivity contribution in [2.45, 2.75) is 38.8 Å². The Labute approximate surface area is 109 Å². The molecule has 0 saturated carbocycles. The summed E-state index contributed by atoms with van der Waals surface area (Å²) < 4.78 is 11.3. The highest BCUT2D eigenvalue weighted by Crippen LogP contribution is 2.16. The SMILES string of the molecule is CCCNCc1cc(OCC2CCCO2)ccn1. The van der Waals surface area contributed by atoms with Crippen LogP contribution in [0.3, 0.4) is 0 Å². The third-order valence-corrected chi connectivity index (χ3v) is 2.98. The van der Waals surface area contributed by atoms with Gasteiger partial charge in [-0.2, -0.15) is 0 Å². The first-order valence-electron chi connectivity index (χ1n) is 6.78. The van der Waals surface area contributed by atoms with E-state index in [4.69, 9.17) is 9.47 Å². The van der Waals surface area contributed by atoms with Gasteiger partial charge in [0.05, 0.1) is 11.8 Å². The molecule has 1 aliphatic rings. The van der Waals surface area contributed by atoms with Gasteiger partial charge in [-0.05, 0) is 31.9 Å². The summed E-state index contributed by atoms with van der Waals surface area (Å²) in [5.41, 5.74) is 1.02. The van der Waals surface area contributed by atoms with E-state index in [1.807, 2.05) is 12.1 Å². The maximum Gasteiger partial charge on any atom is 0.122 e. The summed E-state index contributed by atoms with van der Waals surface area (Å²) in [5, 5.41) is 3.33. The van der Waals surface area contributed by atoms with E-state index < -0.39 is 0 Å². The van der Waals surface area contributed by atoms with Gasteiger partial charge >= 0.3 is 0 Å². The molecule has 1 aliphatic heterocycles. The van der Waals surface area contributed by atoms with Crippen molar-refractivity contribution in [3.05, 3.63) is 24.0 Å². The van der Waals surface area contributed by atoms with Crippen molar-refractivity contribution >= 4 is 0 Å². The maximum atomic E-state index is 5.74. The summed E-state index contributed by atoms with van der Waals surface area (Å²) in [4.78, 5) is 4.32. The molecule has 1 unspecified atom stereocenters. The molecule has 1 fully saturated rings. The van der Waals surface area contributed by atoms with Crippen molar-refractivity contribution in [3.63, 3.8) is 0 Å². The van der Waals surface area contributed by atoms with Gasteiger partial charge in [0.1, 0.15) is 12.4 Å². The van der Waals surface area contributed by atoms with Crippen LogP contribution in [0.15, 0.2) is 18.3 Å². The second-order valence-corrected chi connectivity index (χ2v) is 4.61. The lowest BCUT2D eigenvalue weighted by atomic mass is 10.2. The Balaban J connectivity index is 1.78. The topological polar surface area (TPSA) is 43.4 Å². The van der Waals surface area contributed by atoms with Crippen LogP contribution in [0.1, 0.15) is 31.9 Å². The van der Waals surface area contributed by atoms with Crippen molar-refractivity contribution in [1.29, 1.82) is 0 Å². The molecule has 100 valence electrons. The minimum absolute atomic E-state index is 0.264. The van der Waals surface area contributed by atoms with E-state index in [-0.39, 0.29) is 6.10 Å². The molecule has 0 bridgehead atoms. The highest BCUT2D eigenvalue weighted by molar-refractivity contribution is 5.22. The average Bonchev–Trinajstić information content (AvgIpc) is 2.90. The van der Waals surface area contributed by atoms with Gasteiger partial charge in [-0.3, -0.25) is 4.98 Å². The minimum atomic E-state index is 0.264. The molecule has 2 rings (SSSR count). The van der Waals surface area contributed by atoms with Gasteiger partial charge in [-0.1, -0.05) is 6.92 Å². The fraction of sp³-hybridized carbons (Fsp3) is 0.643. The smallest absolute Gasteiger partial charge is 0.122 e. The van der Waals surface area contributed by atoms with E-state index in [1.54, 1.807) is 6.20 Å². The molecular formula is C14H22N2O2. The van der Waals surface area contributed by atoms with E-state index in [2.05, 4.69) is 17.2 Å². The Morgan fingerprint density at radius 3 is 3.28 bits per heavy atom. The molecule has 0 aromatic carbocycles. The van der Waals surface area contributed by atoms with Crippen LogP contribution in [0.4, 0.5) is 0 Å². The molecule has 4 nitrogen and oxygen atoms in total. The van der Waals surface area contributed by atoms with E-state index in [1.165, 1.54) is 0 Å². The molecule has 18 heavy (non-hydrogen) atoms. The third kappa shape index (κ3) is 4.27. The van der Waals surface area contributed by atoms with Crippen LogP contribution in [0.5, 0.6) is 5.75 Å².